The van der Waals surface area contributed by atoms with E-state index in [0.717, 1.165) is 11.1 Å². The molecule has 0 unspecified atom stereocenters. The first-order valence-electron chi connectivity index (χ1n) is 10.7. The molecule has 182 valence electrons. The van der Waals surface area contributed by atoms with Crippen molar-refractivity contribution < 1.29 is 28.3 Å². The number of nitrogens with zero attached hydrogens (tertiary/aromatic N) is 2. The molecule has 1 aliphatic rings. The van der Waals surface area contributed by atoms with E-state index in [1.54, 1.807) is 18.1 Å². The van der Waals surface area contributed by atoms with E-state index in [4.69, 9.17) is 25.8 Å². The van der Waals surface area contributed by atoms with Gasteiger partial charge in [0, 0.05) is 18.7 Å². The van der Waals surface area contributed by atoms with Gasteiger partial charge in [-0.1, -0.05) is 11.6 Å². The molecule has 0 spiro atoms. The zero-order valence-corrected chi connectivity index (χ0v) is 19.8. The van der Waals surface area contributed by atoms with Crippen molar-refractivity contribution >= 4 is 23.2 Å². The Morgan fingerprint density at radius 2 is 1.80 bits per heavy atom. The molecular weight excluding hydrogens is 479 g/mol. The van der Waals surface area contributed by atoms with E-state index < -0.39 is 22.7 Å². The van der Waals surface area contributed by atoms with Crippen LogP contribution in [-0.2, 0) is 6.42 Å². The number of hydrogen-bond donors (Lipinski definition) is 0. The number of fused-ring (bicyclic) bond motifs is 1. The van der Waals surface area contributed by atoms with E-state index in [1.165, 1.54) is 49.6 Å². The minimum absolute atomic E-state index is 0.0246. The highest BCUT2D eigenvalue weighted by molar-refractivity contribution is 6.34. The molecule has 0 fully saturated rings. The van der Waals surface area contributed by atoms with E-state index in [-0.39, 0.29) is 22.9 Å². The number of nitro groups is 1. The van der Waals surface area contributed by atoms with E-state index in [9.17, 15) is 19.3 Å². The Balaban J connectivity index is 1.74. The molecule has 10 heteroatoms. The van der Waals surface area contributed by atoms with Crippen LogP contribution < -0.4 is 14.2 Å². The molecule has 1 aliphatic heterocycles. The molecule has 0 aromatic heterocycles. The predicted molar refractivity (Wildman–Crippen MR) is 127 cm³/mol. The first kappa shape index (κ1) is 24.3. The lowest BCUT2D eigenvalue weighted by molar-refractivity contribution is -0.384. The molecule has 4 rings (SSSR count). The summed E-state index contributed by atoms with van der Waals surface area (Å²) < 4.78 is 30.1. The van der Waals surface area contributed by atoms with E-state index in [2.05, 4.69) is 0 Å². The van der Waals surface area contributed by atoms with Gasteiger partial charge in [0.2, 0.25) is 0 Å². The summed E-state index contributed by atoms with van der Waals surface area (Å²) in [6.07, 6.45) is 0.515. The monoisotopic (exact) mass is 500 g/mol. The fourth-order valence-corrected chi connectivity index (χ4v) is 4.30. The second-order valence-electron chi connectivity index (χ2n) is 7.86. The summed E-state index contributed by atoms with van der Waals surface area (Å²) in [5.41, 5.74) is 1.52. The minimum atomic E-state index is -0.578. The van der Waals surface area contributed by atoms with Crippen LogP contribution in [0.25, 0.3) is 0 Å². The van der Waals surface area contributed by atoms with Crippen LogP contribution in [0.1, 0.15) is 27.5 Å². The number of rotatable bonds is 7. The number of carbonyl (C=O) groups is 1. The molecule has 35 heavy (non-hydrogen) atoms. The lowest BCUT2D eigenvalue weighted by Gasteiger charge is -2.37. The van der Waals surface area contributed by atoms with Gasteiger partial charge in [-0.2, -0.15) is 0 Å². The second-order valence-corrected chi connectivity index (χ2v) is 8.26. The third-order valence-electron chi connectivity index (χ3n) is 5.88. The van der Waals surface area contributed by atoms with Gasteiger partial charge in [0.1, 0.15) is 18.2 Å². The molecule has 0 N–H and O–H groups in total. The summed E-state index contributed by atoms with van der Waals surface area (Å²) in [6, 6.07) is 12.4. The number of nitro benzene ring substituents is 1. The zero-order chi connectivity index (χ0) is 25.1. The fraction of sp³-hybridized carbons (Fsp3) is 0.240. The zero-order valence-electron chi connectivity index (χ0n) is 19.0. The molecule has 1 atom stereocenters. The summed E-state index contributed by atoms with van der Waals surface area (Å²) in [5.74, 6) is 0.618. The quantitative estimate of drug-likeness (QED) is 0.326. The van der Waals surface area contributed by atoms with Crippen molar-refractivity contribution in [1.29, 1.82) is 0 Å². The number of halogens is 2. The molecule has 8 nitrogen and oxygen atoms in total. The molecule has 1 heterocycles. The molecule has 3 aromatic carbocycles. The Kier molecular flexibility index (Phi) is 7.07. The number of hydrogen-bond acceptors (Lipinski definition) is 6. The van der Waals surface area contributed by atoms with Gasteiger partial charge in [-0.05, 0) is 60.0 Å². The normalized spacial score (nSPS) is 14.7. The Labute approximate surface area is 205 Å². The van der Waals surface area contributed by atoms with Gasteiger partial charge in [0.25, 0.3) is 11.6 Å². The molecule has 0 aliphatic carbocycles. The van der Waals surface area contributed by atoms with Crippen molar-refractivity contribution in [3.05, 3.63) is 92.2 Å². The smallest absolute Gasteiger partial charge is 0.270 e. The van der Waals surface area contributed by atoms with E-state index in [1.807, 2.05) is 6.07 Å². The average molecular weight is 501 g/mol. The highest BCUT2D eigenvalue weighted by Crippen LogP contribution is 2.39. The standard InChI is InChI=1S/C25H22ClFN2O6/c1-33-23-11-15-9-10-28(25(30)20-12-17(29(31)32)5-8-21(20)26)22(19(15)13-24(23)34-2)14-35-18-6-3-16(27)4-7-18/h3-8,11-13,22H,9-10,14H2,1-2H3/t22-/m1/s1. The van der Waals surface area contributed by atoms with Gasteiger partial charge < -0.3 is 19.1 Å². The molecular formula is C25H22ClFN2O6. The topological polar surface area (TPSA) is 91.1 Å². The Hall–Kier alpha value is -3.85. The third-order valence-corrected chi connectivity index (χ3v) is 6.21. The first-order chi connectivity index (χ1) is 16.8. The highest BCUT2D eigenvalue weighted by Gasteiger charge is 2.34. The molecule has 0 saturated heterocycles. The van der Waals surface area contributed by atoms with Crippen molar-refractivity contribution in [2.75, 3.05) is 27.4 Å². The van der Waals surface area contributed by atoms with Crippen LogP contribution in [0.4, 0.5) is 10.1 Å². The van der Waals surface area contributed by atoms with Crippen molar-refractivity contribution in [2.24, 2.45) is 0 Å². The lowest BCUT2D eigenvalue weighted by Crippen LogP contribution is -2.42. The number of methoxy groups -OCH3 is 2. The van der Waals surface area contributed by atoms with Gasteiger partial charge >= 0.3 is 0 Å². The number of carbonyl (C=O) groups excluding carboxylic acids is 1. The van der Waals surface area contributed by atoms with Crippen LogP contribution in [-0.4, -0.2) is 43.1 Å². The number of benzene rings is 3. The second kappa shape index (κ2) is 10.2. The van der Waals surface area contributed by atoms with Crippen LogP contribution in [0.15, 0.2) is 54.6 Å². The number of amides is 1. The lowest BCUT2D eigenvalue weighted by atomic mass is 9.91. The predicted octanol–water partition coefficient (Wildman–Crippen LogP) is 5.22. The van der Waals surface area contributed by atoms with Crippen molar-refractivity contribution in [3.63, 3.8) is 0 Å². The van der Waals surface area contributed by atoms with Crippen LogP contribution in [0.5, 0.6) is 17.2 Å². The van der Waals surface area contributed by atoms with E-state index >= 15 is 0 Å². The summed E-state index contributed by atoms with van der Waals surface area (Å²) in [6.45, 7) is 0.365. The van der Waals surface area contributed by atoms with Gasteiger partial charge in [-0.15, -0.1) is 0 Å². The largest absolute Gasteiger partial charge is 0.493 e. The van der Waals surface area contributed by atoms with Crippen LogP contribution in [0.3, 0.4) is 0 Å². The van der Waals surface area contributed by atoms with Crippen LogP contribution in [0, 0.1) is 15.9 Å². The highest BCUT2D eigenvalue weighted by atomic mass is 35.5. The van der Waals surface area contributed by atoms with Gasteiger partial charge in [0.05, 0.1) is 35.8 Å². The Bertz CT molecular complexity index is 1270. The minimum Gasteiger partial charge on any atom is -0.493 e. The van der Waals surface area contributed by atoms with Gasteiger partial charge in [-0.25, -0.2) is 4.39 Å². The van der Waals surface area contributed by atoms with Crippen LogP contribution in [0.2, 0.25) is 5.02 Å². The molecule has 0 saturated carbocycles. The molecule has 1 amide bonds. The average Bonchev–Trinajstić information content (AvgIpc) is 2.86. The summed E-state index contributed by atoms with van der Waals surface area (Å²) in [7, 11) is 3.06. The van der Waals surface area contributed by atoms with Gasteiger partial charge in [-0.3, -0.25) is 14.9 Å². The van der Waals surface area contributed by atoms with E-state index in [0.29, 0.717) is 30.2 Å². The maximum absolute atomic E-state index is 13.6. The van der Waals surface area contributed by atoms with Crippen LogP contribution >= 0.6 is 11.6 Å². The third kappa shape index (κ3) is 5.00. The van der Waals surface area contributed by atoms with Crippen molar-refractivity contribution in [1.82, 2.24) is 4.90 Å². The summed E-state index contributed by atoms with van der Waals surface area (Å²) >= 11 is 6.26. The number of non-ortho nitro benzene ring substituents is 1. The SMILES string of the molecule is COc1cc2c(cc1OC)[C@@H](COc1ccc(F)cc1)N(C(=O)c1cc([N+](=O)[O-])ccc1Cl)CC2. The summed E-state index contributed by atoms with van der Waals surface area (Å²) in [5, 5.41) is 11.4. The molecule has 0 radical (unpaired) electrons. The van der Waals surface area contributed by atoms with Crippen molar-refractivity contribution in [2.45, 2.75) is 12.5 Å². The maximum Gasteiger partial charge on any atom is 0.270 e. The Morgan fingerprint density at radius 1 is 1.11 bits per heavy atom. The maximum atomic E-state index is 13.6. The Morgan fingerprint density at radius 3 is 2.46 bits per heavy atom. The molecule has 0 bridgehead atoms. The summed E-state index contributed by atoms with van der Waals surface area (Å²) in [4.78, 5) is 25.9. The van der Waals surface area contributed by atoms with Gasteiger partial charge in [0.15, 0.2) is 11.5 Å². The fourth-order valence-electron chi connectivity index (χ4n) is 4.10. The molecule has 3 aromatic rings. The first-order valence-corrected chi connectivity index (χ1v) is 11.1. The van der Waals surface area contributed by atoms with Crippen molar-refractivity contribution in [3.8, 4) is 17.2 Å². The number of ether oxygens (including phenoxy) is 3.